The largest absolute Gasteiger partial charge is 0.381 e. The van der Waals surface area contributed by atoms with Crippen molar-refractivity contribution in [3.63, 3.8) is 0 Å². The van der Waals surface area contributed by atoms with Gasteiger partial charge in [0.05, 0.1) is 6.10 Å². The Bertz CT molecular complexity index is 460. The van der Waals surface area contributed by atoms with Crippen LogP contribution in [0.25, 0.3) is 0 Å². The van der Waals surface area contributed by atoms with E-state index >= 15 is 0 Å². The Morgan fingerprint density at radius 2 is 2.05 bits per heavy atom. The molecule has 1 aromatic rings. The van der Waals surface area contributed by atoms with Crippen molar-refractivity contribution >= 4 is 0 Å². The Morgan fingerprint density at radius 1 is 1.29 bits per heavy atom. The molecule has 21 heavy (non-hydrogen) atoms. The molecular weight excluding hydrogens is 260 g/mol. The third-order valence-electron chi connectivity index (χ3n) is 5.42. The van der Waals surface area contributed by atoms with Gasteiger partial charge in [0, 0.05) is 44.2 Å². The summed E-state index contributed by atoms with van der Waals surface area (Å²) in [7, 11) is 1.83. The van der Waals surface area contributed by atoms with E-state index in [2.05, 4.69) is 54.4 Å². The molecule has 2 fully saturated rings. The third-order valence-corrected chi connectivity index (χ3v) is 5.42. The molecule has 3 rings (SSSR count). The summed E-state index contributed by atoms with van der Waals surface area (Å²) >= 11 is 0. The second-order valence-electron chi connectivity index (χ2n) is 7.21. The van der Waals surface area contributed by atoms with E-state index in [-0.39, 0.29) is 5.41 Å². The van der Waals surface area contributed by atoms with Crippen LogP contribution in [0.2, 0.25) is 0 Å². The van der Waals surface area contributed by atoms with Gasteiger partial charge in [-0.25, -0.2) is 0 Å². The Morgan fingerprint density at radius 3 is 2.71 bits per heavy atom. The summed E-state index contributed by atoms with van der Waals surface area (Å²) in [5.41, 5.74) is 1.68. The Balaban J connectivity index is 1.47. The third kappa shape index (κ3) is 3.15. The molecule has 1 aliphatic carbocycles. The molecular formula is C18H28N2O. The number of nitrogens with zero attached hydrogens (tertiary/aromatic N) is 1. The monoisotopic (exact) mass is 288 g/mol. The molecule has 0 spiro atoms. The minimum atomic E-state index is 0.265. The SMILES string of the molecule is COC1CC(NC2CCN(Cc3ccccc3)C2)C1(C)C. The van der Waals surface area contributed by atoms with Gasteiger partial charge in [-0.05, 0) is 18.4 Å². The smallest absolute Gasteiger partial charge is 0.0652 e. The van der Waals surface area contributed by atoms with E-state index in [0.717, 1.165) is 13.0 Å². The summed E-state index contributed by atoms with van der Waals surface area (Å²) in [6, 6.07) is 12.0. The van der Waals surface area contributed by atoms with Crippen molar-refractivity contribution in [1.29, 1.82) is 0 Å². The highest BCUT2D eigenvalue weighted by Crippen LogP contribution is 2.42. The van der Waals surface area contributed by atoms with Crippen LogP contribution in [0.1, 0.15) is 32.3 Å². The van der Waals surface area contributed by atoms with E-state index in [1.807, 2.05) is 7.11 Å². The highest BCUT2D eigenvalue weighted by Gasteiger charge is 2.49. The Hall–Kier alpha value is -0.900. The molecule has 3 heteroatoms. The van der Waals surface area contributed by atoms with Crippen LogP contribution < -0.4 is 5.32 Å². The molecule has 1 aromatic carbocycles. The molecule has 0 radical (unpaired) electrons. The van der Waals surface area contributed by atoms with Gasteiger partial charge in [0.2, 0.25) is 0 Å². The first-order valence-corrected chi connectivity index (χ1v) is 8.14. The zero-order chi connectivity index (χ0) is 14.9. The van der Waals surface area contributed by atoms with Crippen LogP contribution in [0.3, 0.4) is 0 Å². The van der Waals surface area contributed by atoms with Gasteiger partial charge in [-0.15, -0.1) is 0 Å². The number of benzene rings is 1. The quantitative estimate of drug-likeness (QED) is 0.901. The number of nitrogens with one attached hydrogen (secondary N) is 1. The van der Waals surface area contributed by atoms with Crippen molar-refractivity contribution in [3.05, 3.63) is 35.9 Å². The Kier molecular flexibility index (Phi) is 4.34. The van der Waals surface area contributed by atoms with E-state index in [1.54, 1.807) is 0 Å². The van der Waals surface area contributed by atoms with E-state index in [9.17, 15) is 0 Å². The fraction of sp³-hybridized carbons (Fsp3) is 0.667. The van der Waals surface area contributed by atoms with Gasteiger partial charge in [-0.2, -0.15) is 0 Å². The maximum absolute atomic E-state index is 5.55. The van der Waals surface area contributed by atoms with Gasteiger partial charge in [0.25, 0.3) is 0 Å². The van der Waals surface area contributed by atoms with Crippen molar-refractivity contribution in [3.8, 4) is 0 Å². The van der Waals surface area contributed by atoms with Gasteiger partial charge in [-0.1, -0.05) is 44.2 Å². The highest BCUT2D eigenvalue weighted by molar-refractivity contribution is 5.14. The van der Waals surface area contributed by atoms with Gasteiger partial charge < -0.3 is 10.1 Å². The lowest BCUT2D eigenvalue weighted by Gasteiger charge is -2.52. The predicted octanol–water partition coefficient (Wildman–Crippen LogP) is 2.66. The van der Waals surface area contributed by atoms with Crippen LogP contribution in [-0.2, 0) is 11.3 Å². The maximum Gasteiger partial charge on any atom is 0.0652 e. The number of hydrogen-bond acceptors (Lipinski definition) is 3. The predicted molar refractivity (Wildman–Crippen MR) is 86.2 cm³/mol. The molecule has 1 aliphatic heterocycles. The van der Waals surface area contributed by atoms with Gasteiger partial charge in [0.1, 0.15) is 0 Å². The minimum absolute atomic E-state index is 0.265. The van der Waals surface area contributed by atoms with Crippen molar-refractivity contribution < 1.29 is 4.74 Å². The number of rotatable bonds is 5. The van der Waals surface area contributed by atoms with Gasteiger partial charge >= 0.3 is 0 Å². The summed E-state index contributed by atoms with van der Waals surface area (Å²) < 4.78 is 5.55. The normalized spacial score (nSPS) is 32.0. The second kappa shape index (κ2) is 6.07. The van der Waals surface area contributed by atoms with E-state index in [4.69, 9.17) is 4.74 Å². The maximum atomic E-state index is 5.55. The summed E-state index contributed by atoms with van der Waals surface area (Å²) in [6.45, 7) is 8.08. The lowest BCUT2D eigenvalue weighted by atomic mass is 9.64. The lowest BCUT2D eigenvalue weighted by Crippen LogP contribution is -2.62. The van der Waals surface area contributed by atoms with E-state index in [1.165, 1.54) is 25.1 Å². The molecule has 1 saturated heterocycles. The first-order chi connectivity index (χ1) is 10.1. The molecule has 0 bridgehead atoms. The minimum Gasteiger partial charge on any atom is -0.381 e. The fourth-order valence-corrected chi connectivity index (χ4v) is 3.81. The number of likely N-dealkylation sites (tertiary alicyclic amines) is 1. The summed E-state index contributed by atoms with van der Waals surface area (Å²) in [5, 5.41) is 3.86. The number of methoxy groups -OCH3 is 1. The number of hydrogen-bond donors (Lipinski definition) is 1. The molecule has 3 atom stereocenters. The molecule has 2 aliphatic rings. The molecule has 3 nitrogen and oxygen atoms in total. The molecule has 0 aromatic heterocycles. The van der Waals surface area contributed by atoms with Gasteiger partial charge in [-0.3, -0.25) is 4.90 Å². The van der Waals surface area contributed by atoms with Crippen molar-refractivity contribution in [2.75, 3.05) is 20.2 Å². The van der Waals surface area contributed by atoms with Crippen LogP contribution in [0.4, 0.5) is 0 Å². The van der Waals surface area contributed by atoms with E-state index in [0.29, 0.717) is 18.2 Å². The molecule has 1 heterocycles. The molecule has 1 saturated carbocycles. The van der Waals surface area contributed by atoms with Crippen LogP contribution >= 0.6 is 0 Å². The van der Waals surface area contributed by atoms with Crippen LogP contribution in [0, 0.1) is 5.41 Å². The fourth-order valence-electron chi connectivity index (χ4n) is 3.81. The van der Waals surface area contributed by atoms with Crippen LogP contribution in [0.5, 0.6) is 0 Å². The Labute approximate surface area is 128 Å². The van der Waals surface area contributed by atoms with E-state index < -0.39 is 0 Å². The summed E-state index contributed by atoms with van der Waals surface area (Å²) in [5.74, 6) is 0. The average molecular weight is 288 g/mol. The second-order valence-corrected chi connectivity index (χ2v) is 7.21. The molecule has 3 unspecified atom stereocenters. The molecule has 0 amide bonds. The lowest BCUT2D eigenvalue weighted by molar-refractivity contribution is -0.0999. The summed E-state index contributed by atoms with van der Waals surface area (Å²) in [6.07, 6.45) is 2.83. The standard InChI is InChI=1S/C18H28N2O/c1-18(2)16(11-17(18)21-3)19-15-9-10-20(13-15)12-14-7-5-4-6-8-14/h4-8,15-17,19H,9-13H2,1-3H3. The zero-order valence-electron chi connectivity index (χ0n) is 13.5. The zero-order valence-corrected chi connectivity index (χ0v) is 13.5. The average Bonchev–Trinajstić information content (AvgIpc) is 2.91. The van der Waals surface area contributed by atoms with Crippen LogP contribution in [0.15, 0.2) is 30.3 Å². The topological polar surface area (TPSA) is 24.5 Å². The van der Waals surface area contributed by atoms with Gasteiger partial charge in [0.15, 0.2) is 0 Å². The molecule has 1 N–H and O–H groups in total. The number of ether oxygens (including phenoxy) is 1. The first kappa shape index (κ1) is 15.0. The van der Waals surface area contributed by atoms with Crippen molar-refractivity contribution in [2.24, 2.45) is 5.41 Å². The van der Waals surface area contributed by atoms with Crippen molar-refractivity contribution in [2.45, 2.75) is 51.4 Å². The van der Waals surface area contributed by atoms with Crippen LogP contribution in [-0.4, -0.2) is 43.3 Å². The summed E-state index contributed by atoms with van der Waals surface area (Å²) in [4.78, 5) is 2.56. The molecule has 116 valence electrons. The van der Waals surface area contributed by atoms with Crippen molar-refractivity contribution in [1.82, 2.24) is 10.2 Å². The first-order valence-electron chi connectivity index (χ1n) is 8.14. The highest BCUT2D eigenvalue weighted by atomic mass is 16.5.